The van der Waals surface area contributed by atoms with Crippen LogP contribution in [0.15, 0.2) is 39.9 Å². The van der Waals surface area contributed by atoms with Gasteiger partial charge in [0.25, 0.3) is 0 Å². The van der Waals surface area contributed by atoms with Crippen molar-refractivity contribution in [3.63, 3.8) is 0 Å². The lowest BCUT2D eigenvalue weighted by atomic mass is 10.2. The minimum absolute atomic E-state index is 0. The van der Waals surface area contributed by atoms with Crippen molar-refractivity contribution in [1.82, 2.24) is 10.2 Å². The van der Waals surface area contributed by atoms with Gasteiger partial charge >= 0.3 is 0 Å². The van der Waals surface area contributed by atoms with E-state index < -0.39 is 17.5 Å². The zero-order valence-electron chi connectivity index (χ0n) is 16.2. The average molecular weight is 523 g/mol. The Morgan fingerprint density at radius 3 is 2.66 bits per heavy atom. The Labute approximate surface area is 185 Å². The molecule has 1 fully saturated rings. The van der Waals surface area contributed by atoms with E-state index in [1.807, 2.05) is 12.1 Å². The highest BCUT2D eigenvalue weighted by molar-refractivity contribution is 14.0. The van der Waals surface area contributed by atoms with Gasteiger partial charge < -0.3 is 19.4 Å². The third-order valence-corrected chi connectivity index (χ3v) is 4.53. The molecule has 3 rings (SSSR count). The maximum atomic E-state index is 13.5. The first kappa shape index (κ1) is 23.5. The van der Waals surface area contributed by atoms with Crippen molar-refractivity contribution in [2.45, 2.75) is 31.9 Å². The molecule has 0 spiro atoms. The first-order valence-electron chi connectivity index (χ1n) is 9.30. The molecule has 1 unspecified atom stereocenters. The molecule has 2 heterocycles. The van der Waals surface area contributed by atoms with Crippen LogP contribution < -0.4 is 5.32 Å². The monoisotopic (exact) mass is 523 g/mol. The molecule has 1 saturated heterocycles. The number of nitrogens with one attached hydrogen (secondary N) is 1. The predicted molar refractivity (Wildman–Crippen MR) is 115 cm³/mol. The van der Waals surface area contributed by atoms with Crippen LogP contribution in [-0.4, -0.2) is 43.7 Å². The lowest BCUT2D eigenvalue weighted by Crippen LogP contribution is -2.40. The average Bonchev–Trinajstić information content (AvgIpc) is 3.36. The van der Waals surface area contributed by atoms with Crippen molar-refractivity contribution in [1.29, 1.82) is 0 Å². The fourth-order valence-electron chi connectivity index (χ4n) is 3.09. The Kier molecular flexibility index (Phi) is 9.28. The van der Waals surface area contributed by atoms with E-state index in [-0.39, 0.29) is 36.6 Å². The second-order valence-corrected chi connectivity index (χ2v) is 6.78. The molecule has 1 aliphatic heterocycles. The van der Waals surface area contributed by atoms with Crippen molar-refractivity contribution < 1.29 is 22.3 Å². The van der Waals surface area contributed by atoms with Crippen molar-refractivity contribution in [3.8, 4) is 0 Å². The Balaban J connectivity index is 0.00000300. The molecular weight excluding hydrogens is 498 g/mol. The minimum Gasteiger partial charge on any atom is -0.469 e. The first-order chi connectivity index (χ1) is 13.5. The molecule has 1 aromatic heterocycles. The van der Waals surface area contributed by atoms with Crippen LogP contribution >= 0.6 is 24.0 Å². The van der Waals surface area contributed by atoms with Crippen molar-refractivity contribution in [2.75, 3.05) is 26.7 Å². The Morgan fingerprint density at radius 2 is 2.03 bits per heavy atom. The number of aliphatic imine (C=N–C) groups is 1. The van der Waals surface area contributed by atoms with Crippen molar-refractivity contribution in [3.05, 3.63) is 59.3 Å². The lowest BCUT2D eigenvalue weighted by Gasteiger charge is -2.23. The molecule has 0 radical (unpaired) electrons. The highest BCUT2D eigenvalue weighted by atomic mass is 127. The van der Waals surface area contributed by atoms with Gasteiger partial charge in [0.1, 0.15) is 5.76 Å². The van der Waals surface area contributed by atoms with Crippen LogP contribution in [0.25, 0.3) is 0 Å². The number of ether oxygens (including phenoxy) is 1. The molecule has 1 atom stereocenters. The van der Waals surface area contributed by atoms with Crippen molar-refractivity contribution >= 4 is 29.9 Å². The van der Waals surface area contributed by atoms with Gasteiger partial charge in [0.15, 0.2) is 23.4 Å². The van der Waals surface area contributed by atoms with Crippen LogP contribution in [0, 0.1) is 17.5 Å². The lowest BCUT2D eigenvalue weighted by molar-refractivity contribution is 0.117. The number of furan rings is 1. The molecular formula is C20H25F3IN3O2. The number of hydrogen-bond donors (Lipinski definition) is 1. The predicted octanol–water partition coefficient (Wildman–Crippen LogP) is 4.11. The van der Waals surface area contributed by atoms with Crippen LogP contribution in [0.5, 0.6) is 0 Å². The normalized spacial score (nSPS) is 16.6. The third-order valence-electron chi connectivity index (χ3n) is 4.53. The topological polar surface area (TPSA) is 50.0 Å². The fourth-order valence-corrected chi connectivity index (χ4v) is 3.09. The van der Waals surface area contributed by atoms with E-state index in [2.05, 4.69) is 10.3 Å². The molecule has 0 bridgehead atoms. The standard InChI is InChI=1S/C20H24F3N3O2.HI/c1-26(13-14-10-17(21)19(23)18(22)11-14)20(25-12-16-5-3-9-28-16)24-7-6-15-4-2-8-27-15;/h2,4,8,10-11,16H,3,5-7,9,12-13H2,1H3,(H,24,25);1H. The maximum Gasteiger partial charge on any atom is 0.194 e. The van der Waals surface area contributed by atoms with E-state index in [0.29, 0.717) is 31.0 Å². The second-order valence-electron chi connectivity index (χ2n) is 6.78. The van der Waals surface area contributed by atoms with Crippen LogP contribution in [0.1, 0.15) is 24.2 Å². The molecule has 5 nitrogen and oxygen atoms in total. The maximum absolute atomic E-state index is 13.5. The molecule has 2 aromatic rings. The first-order valence-corrected chi connectivity index (χ1v) is 9.30. The summed E-state index contributed by atoms with van der Waals surface area (Å²) in [6.07, 6.45) is 4.34. The molecule has 1 aliphatic rings. The summed E-state index contributed by atoms with van der Waals surface area (Å²) >= 11 is 0. The summed E-state index contributed by atoms with van der Waals surface area (Å²) in [5, 5.41) is 3.24. The molecule has 9 heteroatoms. The van der Waals surface area contributed by atoms with Crippen molar-refractivity contribution in [2.24, 2.45) is 4.99 Å². The summed E-state index contributed by atoms with van der Waals surface area (Å²) in [6, 6.07) is 5.70. The van der Waals surface area contributed by atoms with Gasteiger partial charge in [-0.1, -0.05) is 0 Å². The van der Waals surface area contributed by atoms with Gasteiger partial charge in [-0.15, -0.1) is 24.0 Å². The van der Waals surface area contributed by atoms with Gasteiger partial charge in [-0.2, -0.15) is 0 Å². The van der Waals surface area contributed by atoms with Gasteiger partial charge in [0.05, 0.1) is 18.9 Å². The second kappa shape index (κ2) is 11.4. The van der Waals surface area contributed by atoms with E-state index in [4.69, 9.17) is 9.15 Å². The summed E-state index contributed by atoms with van der Waals surface area (Å²) in [7, 11) is 1.76. The Bertz CT molecular complexity index is 773. The number of benzene rings is 1. The highest BCUT2D eigenvalue weighted by Gasteiger charge is 2.17. The summed E-state index contributed by atoms with van der Waals surface area (Å²) in [6.45, 7) is 1.99. The molecule has 160 valence electrons. The number of nitrogens with zero attached hydrogens (tertiary/aromatic N) is 2. The van der Waals surface area contributed by atoms with Crippen LogP contribution in [0.4, 0.5) is 13.2 Å². The molecule has 1 N–H and O–H groups in total. The third kappa shape index (κ3) is 6.91. The molecule has 1 aromatic carbocycles. The highest BCUT2D eigenvalue weighted by Crippen LogP contribution is 2.15. The van der Waals surface area contributed by atoms with Gasteiger partial charge in [-0.25, -0.2) is 13.2 Å². The largest absolute Gasteiger partial charge is 0.469 e. The summed E-state index contributed by atoms with van der Waals surface area (Å²) in [5.74, 6) is -2.45. The van der Waals surface area contributed by atoms with Gasteiger partial charge in [-0.05, 0) is 42.7 Å². The zero-order chi connectivity index (χ0) is 19.9. The van der Waals surface area contributed by atoms with E-state index in [1.165, 1.54) is 0 Å². The quantitative estimate of drug-likeness (QED) is 0.257. The fraction of sp³-hybridized carbons (Fsp3) is 0.450. The smallest absolute Gasteiger partial charge is 0.194 e. The van der Waals surface area contributed by atoms with Gasteiger partial charge in [0, 0.05) is 33.2 Å². The molecule has 29 heavy (non-hydrogen) atoms. The van der Waals surface area contributed by atoms with Crippen LogP contribution in [0.2, 0.25) is 0 Å². The Hall–Kier alpha value is -1.75. The zero-order valence-corrected chi connectivity index (χ0v) is 18.5. The van der Waals surface area contributed by atoms with Gasteiger partial charge in [0.2, 0.25) is 0 Å². The molecule has 0 amide bonds. The van der Waals surface area contributed by atoms with Gasteiger partial charge in [-0.3, -0.25) is 4.99 Å². The molecule has 0 saturated carbocycles. The van der Waals surface area contributed by atoms with Crippen LogP contribution in [-0.2, 0) is 17.7 Å². The van der Waals surface area contributed by atoms with E-state index in [1.54, 1.807) is 18.2 Å². The number of hydrogen-bond acceptors (Lipinski definition) is 3. The minimum atomic E-state index is -1.46. The Morgan fingerprint density at radius 1 is 1.28 bits per heavy atom. The summed E-state index contributed by atoms with van der Waals surface area (Å²) < 4.78 is 51.1. The summed E-state index contributed by atoms with van der Waals surface area (Å²) in [4.78, 5) is 6.34. The van der Waals surface area contributed by atoms with E-state index >= 15 is 0 Å². The number of rotatable bonds is 7. The number of halogens is 4. The van der Waals surface area contributed by atoms with E-state index in [0.717, 1.165) is 37.3 Å². The van der Waals surface area contributed by atoms with E-state index in [9.17, 15) is 13.2 Å². The number of guanidine groups is 1. The SMILES string of the molecule is CN(Cc1cc(F)c(F)c(F)c1)C(=NCC1CCCO1)NCCc1ccco1.I. The molecule has 0 aliphatic carbocycles. The van der Waals surface area contributed by atoms with Crippen LogP contribution in [0.3, 0.4) is 0 Å². The summed E-state index contributed by atoms with van der Waals surface area (Å²) in [5.41, 5.74) is 0.316.